The van der Waals surface area contributed by atoms with E-state index < -0.39 is 21.6 Å². The molecular formula is C26H26FN3O5S. The summed E-state index contributed by atoms with van der Waals surface area (Å²) >= 11 is 0. The Balaban J connectivity index is 1.37. The maximum atomic E-state index is 13.9. The lowest BCUT2D eigenvalue weighted by Gasteiger charge is -2.12. The number of amides is 2. The van der Waals surface area contributed by atoms with Gasteiger partial charge in [-0.2, -0.15) is 0 Å². The minimum atomic E-state index is -3.65. The Morgan fingerprint density at radius 1 is 1.08 bits per heavy atom. The number of hydrogen-bond donors (Lipinski definition) is 2. The molecule has 1 heterocycles. The largest absolute Gasteiger partial charge is 0.359 e. The topological polar surface area (TPSA) is 118 Å². The van der Waals surface area contributed by atoms with Crippen molar-refractivity contribution in [2.45, 2.75) is 43.9 Å². The summed E-state index contributed by atoms with van der Waals surface area (Å²) in [4.78, 5) is 25.0. The van der Waals surface area contributed by atoms with Gasteiger partial charge in [-0.25, -0.2) is 12.8 Å². The maximum absolute atomic E-state index is 13.9. The number of nitrogens with one attached hydrogen (secondary N) is 2. The molecule has 188 valence electrons. The summed E-state index contributed by atoms with van der Waals surface area (Å²) in [6.07, 6.45) is 2.69. The van der Waals surface area contributed by atoms with Crippen LogP contribution in [0, 0.1) is 5.82 Å². The monoisotopic (exact) mass is 511 g/mol. The summed E-state index contributed by atoms with van der Waals surface area (Å²) in [5, 5.41) is 9.33. The molecule has 2 amide bonds. The lowest BCUT2D eigenvalue weighted by molar-refractivity contribution is -0.115. The molecule has 8 nitrogen and oxygen atoms in total. The van der Waals surface area contributed by atoms with Gasteiger partial charge in [0.2, 0.25) is 5.91 Å². The van der Waals surface area contributed by atoms with E-state index in [2.05, 4.69) is 15.8 Å². The molecule has 1 aliphatic carbocycles. The second-order valence-corrected chi connectivity index (χ2v) is 11.8. The van der Waals surface area contributed by atoms with Crippen molar-refractivity contribution < 1.29 is 26.9 Å². The lowest BCUT2D eigenvalue weighted by atomic mass is 9.93. The molecule has 1 aromatic heterocycles. The van der Waals surface area contributed by atoms with Crippen molar-refractivity contribution in [3.63, 3.8) is 0 Å². The Bertz CT molecular complexity index is 1480. The van der Waals surface area contributed by atoms with Crippen LogP contribution in [0.1, 0.15) is 43.2 Å². The van der Waals surface area contributed by atoms with E-state index in [4.69, 9.17) is 4.52 Å². The summed E-state index contributed by atoms with van der Waals surface area (Å²) < 4.78 is 43.2. The summed E-state index contributed by atoms with van der Waals surface area (Å²) in [5.41, 5.74) is 2.12. The van der Waals surface area contributed by atoms with Crippen LogP contribution in [0.5, 0.6) is 0 Å². The van der Waals surface area contributed by atoms with Crippen molar-refractivity contribution in [2.24, 2.45) is 0 Å². The van der Waals surface area contributed by atoms with Crippen LogP contribution in [-0.4, -0.2) is 31.6 Å². The van der Waals surface area contributed by atoms with Gasteiger partial charge in [0.25, 0.3) is 5.91 Å². The van der Waals surface area contributed by atoms with Gasteiger partial charge in [-0.15, -0.1) is 0 Å². The molecule has 1 aliphatic rings. The molecule has 0 atom stereocenters. The number of hydrogen-bond acceptors (Lipinski definition) is 6. The van der Waals surface area contributed by atoms with Gasteiger partial charge in [0.1, 0.15) is 11.6 Å². The van der Waals surface area contributed by atoms with Crippen LogP contribution in [0.15, 0.2) is 57.5 Å². The predicted octanol–water partition coefficient (Wildman–Crippen LogP) is 4.27. The summed E-state index contributed by atoms with van der Waals surface area (Å²) in [6, 6.07) is 10.6. The lowest BCUT2D eigenvalue weighted by Crippen LogP contribution is -2.16. The van der Waals surface area contributed by atoms with E-state index in [0.29, 0.717) is 34.0 Å². The third-order valence-corrected chi connectivity index (χ3v) is 6.85. The minimum absolute atomic E-state index is 0.0844. The van der Waals surface area contributed by atoms with Gasteiger partial charge in [-0.3, -0.25) is 9.59 Å². The molecule has 2 N–H and O–H groups in total. The molecular weight excluding hydrogens is 485 g/mol. The van der Waals surface area contributed by atoms with Gasteiger partial charge in [0.15, 0.2) is 15.7 Å². The molecule has 0 aliphatic heterocycles. The molecule has 4 rings (SSSR count). The van der Waals surface area contributed by atoms with Crippen molar-refractivity contribution in [1.82, 2.24) is 5.16 Å². The van der Waals surface area contributed by atoms with E-state index in [9.17, 15) is 22.4 Å². The molecule has 10 heteroatoms. The SMILES string of the molecule is CC(C)(C)c1cc(NC(=O)Cc2ccc(NC(=O)C3=Cc4cc(F)cc(S(C)(=O)=O)c4C3)cc2)no1. The summed E-state index contributed by atoms with van der Waals surface area (Å²) in [7, 11) is -3.65. The second kappa shape index (κ2) is 9.34. The number of carbonyl (C=O) groups excluding carboxylic acids is 2. The number of aromatic nitrogens is 1. The Kier molecular flexibility index (Phi) is 6.57. The van der Waals surface area contributed by atoms with Crippen molar-refractivity contribution in [3.8, 4) is 0 Å². The number of halogens is 1. The molecule has 0 radical (unpaired) electrons. The second-order valence-electron chi connectivity index (χ2n) is 9.79. The molecule has 0 spiro atoms. The van der Waals surface area contributed by atoms with Crippen LogP contribution in [0.4, 0.5) is 15.9 Å². The first kappa shape index (κ1) is 25.3. The molecule has 0 bridgehead atoms. The van der Waals surface area contributed by atoms with Crippen LogP contribution in [0.3, 0.4) is 0 Å². The first-order valence-electron chi connectivity index (χ1n) is 11.2. The average molecular weight is 512 g/mol. The highest BCUT2D eigenvalue weighted by molar-refractivity contribution is 7.90. The highest BCUT2D eigenvalue weighted by atomic mass is 32.2. The quantitative estimate of drug-likeness (QED) is 0.510. The standard InChI is InChI=1S/C26H26FN3O5S/c1-26(2,3)22-14-23(30-35-22)29-24(31)9-15-5-7-19(8-6-15)28-25(32)17-10-16-11-18(27)13-21(20(16)12-17)36(4,33)34/h5-8,10-11,13-14H,9,12H2,1-4H3,(H,28,32)(H,29,30,31). The fourth-order valence-electron chi connectivity index (χ4n) is 3.83. The van der Waals surface area contributed by atoms with Gasteiger partial charge in [-0.05, 0) is 47.0 Å². The van der Waals surface area contributed by atoms with Gasteiger partial charge in [0.05, 0.1) is 11.3 Å². The van der Waals surface area contributed by atoms with E-state index in [1.54, 1.807) is 30.3 Å². The fourth-order valence-corrected chi connectivity index (χ4v) is 4.80. The third-order valence-electron chi connectivity index (χ3n) is 5.69. The molecule has 0 fully saturated rings. The number of anilines is 2. The van der Waals surface area contributed by atoms with E-state index in [-0.39, 0.29) is 29.1 Å². The molecule has 2 aromatic carbocycles. The fraction of sp³-hybridized carbons (Fsp3) is 0.269. The number of benzene rings is 2. The van der Waals surface area contributed by atoms with Gasteiger partial charge < -0.3 is 15.2 Å². The first-order valence-corrected chi connectivity index (χ1v) is 13.1. The smallest absolute Gasteiger partial charge is 0.251 e. The predicted molar refractivity (Wildman–Crippen MR) is 134 cm³/mol. The molecule has 0 saturated carbocycles. The normalized spacial score (nSPS) is 13.2. The van der Waals surface area contributed by atoms with E-state index in [1.165, 1.54) is 12.1 Å². The Morgan fingerprint density at radius 3 is 2.39 bits per heavy atom. The number of fused-ring (bicyclic) bond motifs is 1. The van der Waals surface area contributed by atoms with E-state index >= 15 is 0 Å². The summed E-state index contributed by atoms with van der Waals surface area (Å²) in [5.74, 6) is -0.347. The van der Waals surface area contributed by atoms with E-state index in [1.807, 2.05) is 20.8 Å². The highest BCUT2D eigenvalue weighted by Crippen LogP contribution is 2.32. The van der Waals surface area contributed by atoms with Crippen LogP contribution in [-0.2, 0) is 37.7 Å². The third kappa shape index (κ3) is 5.71. The Hall–Kier alpha value is -3.79. The maximum Gasteiger partial charge on any atom is 0.251 e. The average Bonchev–Trinajstić information content (AvgIpc) is 3.40. The van der Waals surface area contributed by atoms with Crippen LogP contribution >= 0.6 is 0 Å². The van der Waals surface area contributed by atoms with E-state index in [0.717, 1.165) is 17.9 Å². The molecule has 0 saturated heterocycles. The van der Waals surface area contributed by atoms with Crippen molar-refractivity contribution in [1.29, 1.82) is 0 Å². The zero-order valence-corrected chi connectivity index (χ0v) is 21.1. The van der Waals surface area contributed by atoms with Crippen LogP contribution in [0.2, 0.25) is 0 Å². The van der Waals surface area contributed by atoms with Crippen molar-refractivity contribution in [2.75, 3.05) is 16.9 Å². The molecule has 36 heavy (non-hydrogen) atoms. The number of rotatable bonds is 6. The van der Waals surface area contributed by atoms with Gasteiger partial charge in [-0.1, -0.05) is 38.1 Å². The number of nitrogens with zero attached hydrogens (tertiary/aromatic N) is 1. The number of carbonyl (C=O) groups is 2. The Labute approximate surface area is 208 Å². The van der Waals surface area contributed by atoms with Crippen LogP contribution < -0.4 is 10.6 Å². The van der Waals surface area contributed by atoms with Crippen LogP contribution in [0.25, 0.3) is 6.08 Å². The van der Waals surface area contributed by atoms with Crippen molar-refractivity contribution in [3.05, 3.63) is 76.3 Å². The van der Waals surface area contributed by atoms with Crippen molar-refractivity contribution >= 4 is 39.2 Å². The molecule has 0 unspecified atom stereocenters. The van der Waals surface area contributed by atoms with Gasteiger partial charge >= 0.3 is 0 Å². The number of sulfone groups is 1. The Morgan fingerprint density at radius 2 is 1.78 bits per heavy atom. The summed E-state index contributed by atoms with van der Waals surface area (Å²) in [6.45, 7) is 5.94. The van der Waals surface area contributed by atoms with Gasteiger partial charge in [0, 0.05) is 35.4 Å². The highest BCUT2D eigenvalue weighted by Gasteiger charge is 2.26. The molecule has 3 aromatic rings. The zero-order valence-electron chi connectivity index (χ0n) is 20.3. The zero-order chi connectivity index (χ0) is 26.3. The first-order chi connectivity index (χ1) is 16.8. The minimum Gasteiger partial charge on any atom is -0.359 e.